The molecule has 1 aromatic heterocycles. The Bertz CT molecular complexity index is 457. The number of benzene rings is 1. The van der Waals surface area contributed by atoms with Crippen molar-refractivity contribution >= 4 is 41.5 Å². The third kappa shape index (κ3) is 2.50. The Morgan fingerprint density at radius 2 is 2.07 bits per heavy atom. The zero-order valence-corrected chi connectivity index (χ0v) is 9.51. The molecule has 0 aliphatic heterocycles. The van der Waals surface area contributed by atoms with Gasteiger partial charge >= 0.3 is 0 Å². The summed E-state index contributed by atoms with van der Waals surface area (Å²) in [7, 11) is 0. The van der Waals surface area contributed by atoms with E-state index in [4.69, 9.17) is 5.84 Å². The summed E-state index contributed by atoms with van der Waals surface area (Å²) in [6.07, 6.45) is 0. The van der Waals surface area contributed by atoms with Crippen LogP contribution >= 0.6 is 24.8 Å². The lowest BCUT2D eigenvalue weighted by molar-refractivity contribution is 0.637. The van der Waals surface area contributed by atoms with Crippen molar-refractivity contribution in [3.8, 4) is 0 Å². The first-order chi connectivity index (χ1) is 6.20. The number of hydrogen-bond acceptors (Lipinski definition) is 3. The summed E-state index contributed by atoms with van der Waals surface area (Å²) in [6, 6.07) is 3.01. The number of hydrazine groups is 1. The Kier molecular flexibility index (Phi) is 4.80. The molecular weight excluding hydrogens is 242 g/mol. The Morgan fingerprint density at radius 3 is 2.67 bits per heavy atom. The van der Waals surface area contributed by atoms with Gasteiger partial charge in [0.2, 0.25) is 0 Å². The van der Waals surface area contributed by atoms with E-state index in [2.05, 4.69) is 15.4 Å². The monoisotopic (exact) mass is 252 g/mol. The summed E-state index contributed by atoms with van der Waals surface area (Å²) in [5, 5.41) is 0. The van der Waals surface area contributed by atoms with E-state index >= 15 is 0 Å². The van der Waals surface area contributed by atoms with E-state index in [1.807, 2.05) is 0 Å². The van der Waals surface area contributed by atoms with Crippen molar-refractivity contribution in [3.05, 3.63) is 23.8 Å². The molecule has 2 aromatic rings. The Morgan fingerprint density at radius 1 is 1.40 bits per heavy atom. The van der Waals surface area contributed by atoms with Crippen LogP contribution in [-0.4, -0.2) is 9.97 Å². The molecule has 0 atom stereocenters. The number of fused-ring (bicyclic) bond motifs is 1. The van der Waals surface area contributed by atoms with Crippen LogP contribution in [0.25, 0.3) is 11.0 Å². The molecule has 2 rings (SSSR count). The summed E-state index contributed by atoms with van der Waals surface area (Å²) in [5.41, 5.74) is 3.89. The van der Waals surface area contributed by atoms with E-state index in [1.54, 1.807) is 13.0 Å². The van der Waals surface area contributed by atoms with E-state index in [0.29, 0.717) is 22.5 Å². The highest BCUT2D eigenvalue weighted by Crippen LogP contribution is 2.20. The largest absolute Gasteiger partial charge is 0.342 e. The van der Waals surface area contributed by atoms with Gasteiger partial charge in [0.15, 0.2) is 5.82 Å². The fourth-order valence-corrected chi connectivity index (χ4v) is 1.28. The van der Waals surface area contributed by atoms with E-state index < -0.39 is 0 Å². The van der Waals surface area contributed by atoms with E-state index in [1.165, 1.54) is 6.07 Å². The maximum atomic E-state index is 13.3. The lowest BCUT2D eigenvalue weighted by Gasteiger charge is -1.99. The smallest absolute Gasteiger partial charge is 0.153 e. The molecule has 4 nitrogen and oxygen atoms in total. The van der Waals surface area contributed by atoms with Crippen LogP contribution < -0.4 is 11.3 Å². The van der Waals surface area contributed by atoms with Gasteiger partial charge in [-0.1, -0.05) is 0 Å². The molecule has 0 fully saturated rings. The number of nitrogens with two attached hydrogens (primary N) is 1. The molecule has 4 N–H and O–H groups in total. The maximum absolute atomic E-state index is 13.3. The summed E-state index contributed by atoms with van der Waals surface area (Å²) < 4.78 is 13.3. The number of aromatic amines is 1. The number of hydrogen-bond donors (Lipinski definition) is 3. The van der Waals surface area contributed by atoms with Gasteiger partial charge in [-0.05, 0) is 13.0 Å². The molecule has 0 radical (unpaired) electrons. The van der Waals surface area contributed by atoms with Gasteiger partial charge in [0.1, 0.15) is 11.3 Å². The molecule has 0 amide bonds. The SMILES string of the molecule is Cc1nc2c(F)cc(NN)cc2[nH]1.Cl.Cl. The normalized spacial score (nSPS) is 9.27. The first kappa shape index (κ1) is 14.0. The molecule has 0 unspecified atom stereocenters. The van der Waals surface area contributed by atoms with Crippen LogP contribution in [-0.2, 0) is 0 Å². The van der Waals surface area contributed by atoms with Crippen LogP contribution in [0, 0.1) is 12.7 Å². The van der Waals surface area contributed by atoms with Crippen LogP contribution in [0.1, 0.15) is 5.82 Å². The lowest BCUT2D eigenvalue weighted by Crippen LogP contribution is -2.06. The lowest BCUT2D eigenvalue weighted by atomic mass is 10.2. The van der Waals surface area contributed by atoms with Crippen LogP contribution in [0.3, 0.4) is 0 Å². The van der Waals surface area contributed by atoms with E-state index in [-0.39, 0.29) is 30.6 Å². The molecule has 0 spiro atoms. The summed E-state index contributed by atoms with van der Waals surface area (Å²) in [6.45, 7) is 1.77. The Hall–Kier alpha value is -1.04. The third-order valence-corrected chi connectivity index (χ3v) is 1.83. The number of rotatable bonds is 1. The molecule has 7 heteroatoms. The number of anilines is 1. The number of halogens is 3. The second-order valence-corrected chi connectivity index (χ2v) is 2.82. The Balaban J connectivity index is 0.000000980. The van der Waals surface area contributed by atoms with Crippen molar-refractivity contribution in [1.82, 2.24) is 9.97 Å². The molecule has 1 aromatic carbocycles. The molecule has 15 heavy (non-hydrogen) atoms. The highest BCUT2D eigenvalue weighted by Gasteiger charge is 2.06. The van der Waals surface area contributed by atoms with E-state index in [0.717, 1.165) is 0 Å². The van der Waals surface area contributed by atoms with E-state index in [9.17, 15) is 4.39 Å². The highest BCUT2D eigenvalue weighted by atomic mass is 35.5. The molecule has 0 saturated carbocycles. The summed E-state index contributed by atoms with van der Waals surface area (Å²) in [5.74, 6) is 5.47. The summed E-state index contributed by atoms with van der Waals surface area (Å²) in [4.78, 5) is 6.92. The van der Waals surface area contributed by atoms with Crippen LogP contribution in [0.4, 0.5) is 10.1 Å². The molecule has 1 heterocycles. The predicted molar refractivity (Wildman–Crippen MR) is 63.1 cm³/mol. The average molecular weight is 253 g/mol. The predicted octanol–water partition coefficient (Wildman–Crippen LogP) is 2.14. The zero-order chi connectivity index (χ0) is 9.42. The van der Waals surface area contributed by atoms with Gasteiger partial charge in [0.25, 0.3) is 0 Å². The highest BCUT2D eigenvalue weighted by molar-refractivity contribution is 5.85. The van der Waals surface area contributed by atoms with Crippen molar-refractivity contribution in [2.24, 2.45) is 5.84 Å². The van der Waals surface area contributed by atoms with Crippen molar-refractivity contribution in [3.63, 3.8) is 0 Å². The minimum atomic E-state index is -0.380. The van der Waals surface area contributed by atoms with Crippen LogP contribution in [0.2, 0.25) is 0 Å². The number of imidazole rings is 1. The van der Waals surface area contributed by atoms with Crippen molar-refractivity contribution in [2.45, 2.75) is 6.92 Å². The molecule has 0 aliphatic carbocycles. The number of aryl methyl sites for hydroxylation is 1. The van der Waals surface area contributed by atoms with Crippen LogP contribution in [0.15, 0.2) is 12.1 Å². The third-order valence-electron chi connectivity index (χ3n) is 1.83. The Labute approximate surface area is 98.2 Å². The molecule has 0 aliphatic rings. The second kappa shape index (κ2) is 5.16. The van der Waals surface area contributed by atoms with Gasteiger partial charge in [0, 0.05) is 6.07 Å². The minimum absolute atomic E-state index is 0. The molecule has 0 bridgehead atoms. The fourth-order valence-electron chi connectivity index (χ4n) is 1.28. The molecular formula is C8H11Cl2FN4. The summed E-state index contributed by atoms with van der Waals surface area (Å²) >= 11 is 0. The van der Waals surface area contributed by atoms with Gasteiger partial charge < -0.3 is 10.4 Å². The number of nitrogen functional groups attached to an aromatic ring is 1. The zero-order valence-electron chi connectivity index (χ0n) is 7.87. The standard InChI is InChI=1S/C8H9FN4.2ClH/c1-4-11-7-3-5(13-10)2-6(9)8(7)12-4;;/h2-3,13H,10H2,1H3,(H,11,12);2*1H. The quantitative estimate of drug-likeness (QED) is 0.538. The second-order valence-electron chi connectivity index (χ2n) is 2.82. The molecule has 84 valence electrons. The van der Waals surface area contributed by atoms with Gasteiger partial charge in [-0.25, -0.2) is 9.37 Å². The fraction of sp³-hybridized carbons (Fsp3) is 0.125. The maximum Gasteiger partial charge on any atom is 0.153 e. The first-order valence-electron chi connectivity index (χ1n) is 3.83. The number of H-pyrrole nitrogens is 1. The van der Waals surface area contributed by atoms with Gasteiger partial charge in [-0.2, -0.15) is 0 Å². The van der Waals surface area contributed by atoms with Crippen LogP contribution in [0.5, 0.6) is 0 Å². The van der Waals surface area contributed by atoms with Gasteiger partial charge in [-0.15, -0.1) is 24.8 Å². The first-order valence-corrected chi connectivity index (χ1v) is 3.83. The van der Waals surface area contributed by atoms with Crippen molar-refractivity contribution in [1.29, 1.82) is 0 Å². The van der Waals surface area contributed by atoms with Gasteiger partial charge in [-0.3, -0.25) is 5.84 Å². The van der Waals surface area contributed by atoms with Gasteiger partial charge in [0.05, 0.1) is 11.2 Å². The number of nitrogens with zero attached hydrogens (tertiary/aromatic N) is 1. The average Bonchev–Trinajstić information content (AvgIpc) is 2.46. The van der Waals surface area contributed by atoms with Crippen molar-refractivity contribution < 1.29 is 4.39 Å². The minimum Gasteiger partial charge on any atom is -0.342 e. The molecule has 0 saturated heterocycles. The number of nitrogens with one attached hydrogen (secondary N) is 2. The number of aromatic nitrogens is 2. The topological polar surface area (TPSA) is 66.7 Å². The van der Waals surface area contributed by atoms with Crippen molar-refractivity contribution in [2.75, 3.05) is 5.43 Å².